The third-order valence-electron chi connectivity index (χ3n) is 10.4. The number of piperidine rings is 2. The number of nitrogens with zero attached hydrogens (tertiary/aromatic N) is 3. The van der Waals surface area contributed by atoms with Crippen molar-refractivity contribution < 1.29 is 19.8 Å². The van der Waals surface area contributed by atoms with E-state index < -0.39 is 17.1 Å². The summed E-state index contributed by atoms with van der Waals surface area (Å²) in [6.45, 7) is 7.76. The van der Waals surface area contributed by atoms with Crippen LogP contribution in [0.15, 0.2) is 47.4 Å². The van der Waals surface area contributed by atoms with Gasteiger partial charge in [-0.2, -0.15) is 0 Å². The fourth-order valence-electron chi connectivity index (χ4n) is 7.42. The Hall–Kier alpha value is -2.97. The number of carbonyl (C=O) groups excluding carboxylic acids is 2. The number of amides is 2. The number of likely N-dealkylation sites (tertiary alicyclic amines) is 2. The average Bonchev–Trinajstić information content (AvgIpc) is 3.00. The summed E-state index contributed by atoms with van der Waals surface area (Å²) < 4.78 is 1.48. The van der Waals surface area contributed by atoms with Gasteiger partial charge in [0.25, 0.3) is 11.5 Å². The highest BCUT2D eigenvalue weighted by Gasteiger charge is 2.49. The molecule has 8 nitrogen and oxygen atoms in total. The molecule has 2 aliphatic heterocycles. The van der Waals surface area contributed by atoms with Crippen molar-refractivity contribution in [3.8, 4) is 11.1 Å². The highest BCUT2D eigenvalue weighted by Crippen LogP contribution is 2.41. The molecule has 43 heavy (non-hydrogen) atoms. The third kappa shape index (κ3) is 6.91. The standard InChI is InChI=1S/C35H49N3O5/c1-25(20-26-10-6-4-7-11-26)32(41)37-19-16-35(43,34(2,3)23-37)24-38-22-30(33(42)36-17-14-28(39)15-18-36)29(21-31(38)40)27-12-8-5-9-13-27/h5,8-9,12-13,21-22,25-26,28,39,43H,4,6-7,10-11,14-20,23-24H2,1-3H3/t25-,35+/m1/s1. The minimum absolute atomic E-state index is 0.0343. The van der Waals surface area contributed by atoms with Crippen LogP contribution in [-0.2, 0) is 11.3 Å². The van der Waals surface area contributed by atoms with Crippen molar-refractivity contribution in [2.75, 3.05) is 26.2 Å². The van der Waals surface area contributed by atoms with Gasteiger partial charge in [-0.3, -0.25) is 14.4 Å². The van der Waals surface area contributed by atoms with Crippen LogP contribution in [0.3, 0.4) is 0 Å². The summed E-state index contributed by atoms with van der Waals surface area (Å²) in [6.07, 6.45) is 9.77. The fourth-order valence-corrected chi connectivity index (χ4v) is 7.42. The first-order chi connectivity index (χ1) is 20.5. The van der Waals surface area contributed by atoms with Crippen LogP contribution in [0.5, 0.6) is 0 Å². The number of aliphatic hydroxyl groups excluding tert-OH is 1. The van der Waals surface area contributed by atoms with Crippen molar-refractivity contribution in [2.45, 2.75) is 96.8 Å². The summed E-state index contributed by atoms with van der Waals surface area (Å²) >= 11 is 0. The van der Waals surface area contributed by atoms with Crippen molar-refractivity contribution in [3.05, 3.63) is 58.5 Å². The van der Waals surface area contributed by atoms with Gasteiger partial charge < -0.3 is 24.6 Å². The SMILES string of the molecule is C[C@H](CC1CCCCC1)C(=O)N1CC[C@](O)(Cn2cc(C(=O)N3CCC(O)CC3)c(-c3ccccc3)cc2=O)C(C)(C)C1. The molecule has 2 aromatic rings. The lowest BCUT2D eigenvalue weighted by Gasteiger charge is -2.51. The van der Waals surface area contributed by atoms with Gasteiger partial charge in [-0.1, -0.05) is 83.2 Å². The van der Waals surface area contributed by atoms with Crippen LogP contribution in [0.2, 0.25) is 0 Å². The summed E-state index contributed by atoms with van der Waals surface area (Å²) in [5.41, 5.74) is -0.446. The highest BCUT2D eigenvalue weighted by atomic mass is 16.3. The summed E-state index contributed by atoms with van der Waals surface area (Å²) in [5, 5.41) is 22.0. The van der Waals surface area contributed by atoms with E-state index in [0.717, 1.165) is 12.0 Å². The van der Waals surface area contributed by atoms with Crippen LogP contribution < -0.4 is 5.56 Å². The molecule has 1 aliphatic carbocycles. The first kappa shape index (κ1) is 31.5. The first-order valence-corrected chi connectivity index (χ1v) is 16.3. The molecule has 2 N–H and O–H groups in total. The summed E-state index contributed by atoms with van der Waals surface area (Å²) in [5.74, 6) is 0.561. The lowest BCUT2D eigenvalue weighted by Crippen LogP contribution is -2.61. The van der Waals surface area contributed by atoms with E-state index in [0.29, 0.717) is 62.5 Å². The van der Waals surface area contributed by atoms with Gasteiger partial charge in [-0.05, 0) is 37.2 Å². The maximum Gasteiger partial charge on any atom is 0.255 e. The van der Waals surface area contributed by atoms with E-state index >= 15 is 0 Å². The number of hydrogen-bond acceptors (Lipinski definition) is 5. The van der Waals surface area contributed by atoms with Gasteiger partial charge in [0.15, 0.2) is 0 Å². The van der Waals surface area contributed by atoms with Gasteiger partial charge in [-0.15, -0.1) is 0 Å². The number of aromatic nitrogens is 1. The Morgan fingerprint density at radius 2 is 1.65 bits per heavy atom. The monoisotopic (exact) mass is 591 g/mol. The summed E-state index contributed by atoms with van der Waals surface area (Å²) in [4.78, 5) is 44.4. The summed E-state index contributed by atoms with van der Waals surface area (Å²) in [6, 6.07) is 10.9. The number of benzene rings is 1. The largest absolute Gasteiger partial charge is 0.393 e. The second-order valence-corrected chi connectivity index (χ2v) is 14.0. The summed E-state index contributed by atoms with van der Waals surface area (Å²) in [7, 11) is 0. The quantitative estimate of drug-likeness (QED) is 0.486. The van der Waals surface area contributed by atoms with E-state index in [1.54, 1.807) is 11.1 Å². The second kappa shape index (κ2) is 12.9. The molecule has 0 radical (unpaired) electrons. The smallest absolute Gasteiger partial charge is 0.255 e. The minimum atomic E-state index is -1.25. The Bertz CT molecular complexity index is 1340. The number of aliphatic hydroxyl groups is 2. The van der Waals surface area contributed by atoms with Gasteiger partial charge in [0.05, 0.1) is 23.8 Å². The molecule has 3 heterocycles. The second-order valence-electron chi connectivity index (χ2n) is 14.0. The minimum Gasteiger partial charge on any atom is -0.393 e. The van der Waals surface area contributed by atoms with E-state index in [2.05, 4.69) is 0 Å². The molecule has 0 unspecified atom stereocenters. The lowest BCUT2D eigenvalue weighted by molar-refractivity contribution is -0.157. The fraction of sp³-hybridized carbons (Fsp3) is 0.629. The molecule has 1 aromatic heterocycles. The van der Waals surface area contributed by atoms with Crippen LogP contribution in [0.1, 0.15) is 88.9 Å². The molecule has 1 saturated carbocycles. The number of pyridine rings is 1. The van der Waals surface area contributed by atoms with Crippen LogP contribution in [0, 0.1) is 17.3 Å². The molecule has 2 amide bonds. The molecule has 8 heteroatoms. The average molecular weight is 592 g/mol. The van der Waals surface area contributed by atoms with E-state index in [9.17, 15) is 24.6 Å². The van der Waals surface area contributed by atoms with Gasteiger partial charge in [-0.25, -0.2) is 0 Å². The normalized spacial score (nSPS) is 24.1. The molecule has 0 bridgehead atoms. The molecule has 2 saturated heterocycles. The van der Waals surface area contributed by atoms with Gasteiger partial charge in [0.2, 0.25) is 5.91 Å². The molecule has 3 aliphatic rings. The Labute approximate surface area is 255 Å². The predicted molar refractivity (Wildman–Crippen MR) is 168 cm³/mol. The topological polar surface area (TPSA) is 103 Å². The van der Waals surface area contributed by atoms with Crippen LogP contribution >= 0.6 is 0 Å². The maximum atomic E-state index is 13.8. The Morgan fingerprint density at radius 3 is 2.30 bits per heavy atom. The van der Waals surface area contributed by atoms with Crippen molar-refractivity contribution in [2.24, 2.45) is 17.3 Å². The molecule has 2 atom stereocenters. The molecule has 1 aromatic carbocycles. The zero-order valence-corrected chi connectivity index (χ0v) is 26.1. The van der Waals surface area contributed by atoms with E-state index in [4.69, 9.17) is 0 Å². The molecule has 3 fully saturated rings. The molecular formula is C35H49N3O5. The highest BCUT2D eigenvalue weighted by molar-refractivity contribution is 6.00. The van der Waals surface area contributed by atoms with E-state index in [1.807, 2.05) is 56.0 Å². The molecule has 0 spiro atoms. The van der Waals surface area contributed by atoms with Crippen molar-refractivity contribution in [1.82, 2.24) is 14.4 Å². The number of carbonyl (C=O) groups is 2. The Kier molecular flexibility index (Phi) is 9.47. The Morgan fingerprint density at radius 1 is 0.977 bits per heavy atom. The molecular weight excluding hydrogens is 542 g/mol. The van der Waals surface area contributed by atoms with Crippen molar-refractivity contribution in [1.29, 1.82) is 0 Å². The maximum absolute atomic E-state index is 13.8. The Balaban J connectivity index is 1.37. The zero-order chi connectivity index (χ0) is 30.8. The van der Waals surface area contributed by atoms with Crippen molar-refractivity contribution >= 4 is 11.8 Å². The van der Waals surface area contributed by atoms with Crippen LogP contribution in [0.25, 0.3) is 11.1 Å². The molecule has 234 valence electrons. The number of rotatable bonds is 7. The molecule has 5 rings (SSSR count). The lowest BCUT2D eigenvalue weighted by atomic mass is 9.69. The van der Waals surface area contributed by atoms with Gasteiger partial charge in [0.1, 0.15) is 0 Å². The van der Waals surface area contributed by atoms with Crippen LogP contribution in [-0.4, -0.2) is 74.3 Å². The predicted octanol–water partition coefficient (Wildman–Crippen LogP) is 4.71. The van der Waals surface area contributed by atoms with E-state index in [-0.39, 0.29) is 29.8 Å². The zero-order valence-electron chi connectivity index (χ0n) is 26.1. The van der Waals surface area contributed by atoms with Crippen LogP contribution in [0.4, 0.5) is 0 Å². The van der Waals surface area contributed by atoms with Gasteiger partial charge >= 0.3 is 0 Å². The first-order valence-electron chi connectivity index (χ1n) is 16.3. The van der Waals surface area contributed by atoms with Gasteiger partial charge in [0, 0.05) is 55.3 Å². The van der Waals surface area contributed by atoms with E-state index in [1.165, 1.54) is 42.7 Å². The third-order valence-corrected chi connectivity index (χ3v) is 10.4. The number of hydrogen-bond donors (Lipinski definition) is 2. The van der Waals surface area contributed by atoms with Crippen molar-refractivity contribution in [3.63, 3.8) is 0 Å².